The monoisotopic (exact) mass is 356 g/mol. The summed E-state index contributed by atoms with van der Waals surface area (Å²) in [5.41, 5.74) is 2.08. The van der Waals surface area contributed by atoms with Gasteiger partial charge in [0, 0.05) is 37.2 Å². The lowest BCUT2D eigenvalue weighted by Gasteiger charge is -2.27. The maximum atomic E-state index is 12.0. The number of rotatable bonds is 8. The number of anilines is 1. The van der Waals surface area contributed by atoms with E-state index < -0.39 is 10.8 Å². The number of hydrogen-bond acceptors (Lipinski definition) is 5. The molecule has 128 valence electrons. The molecule has 1 rings (SSSR count). The van der Waals surface area contributed by atoms with Crippen molar-refractivity contribution in [3.8, 4) is 0 Å². The Bertz CT molecular complexity index is 549. The van der Waals surface area contributed by atoms with E-state index in [0.717, 1.165) is 11.3 Å². The van der Waals surface area contributed by atoms with Crippen LogP contribution in [-0.4, -0.2) is 41.7 Å². The lowest BCUT2D eigenvalue weighted by Crippen LogP contribution is -2.51. The predicted octanol–water partition coefficient (Wildman–Crippen LogP) is 2.47. The van der Waals surface area contributed by atoms with E-state index in [2.05, 4.69) is 17.9 Å². The molecule has 23 heavy (non-hydrogen) atoms. The molecule has 5 nitrogen and oxygen atoms in total. The summed E-state index contributed by atoms with van der Waals surface area (Å²) >= 11 is 5.26. The Morgan fingerprint density at radius 3 is 2.35 bits per heavy atom. The molecule has 1 amide bonds. The Labute approximate surface area is 147 Å². The molecule has 0 spiro atoms. The number of nitrogens with zero attached hydrogens (tertiary/aromatic N) is 1. The molecular formula is C16H24N2O3S2. The van der Waals surface area contributed by atoms with Crippen molar-refractivity contribution < 1.29 is 14.7 Å². The van der Waals surface area contributed by atoms with E-state index in [1.165, 1.54) is 18.7 Å². The minimum atomic E-state index is -1.37. The number of thiol groups is 1. The van der Waals surface area contributed by atoms with Crippen LogP contribution < -0.4 is 10.2 Å². The number of thioether (sulfide) groups is 1. The molecule has 0 aromatic heterocycles. The summed E-state index contributed by atoms with van der Waals surface area (Å²) < 4.78 is 0. The summed E-state index contributed by atoms with van der Waals surface area (Å²) in [6.07, 6.45) is 0. The fourth-order valence-electron chi connectivity index (χ4n) is 1.71. The summed E-state index contributed by atoms with van der Waals surface area (Å²) in [6.45, 7) is 3.23. The standard InChI is InChI=1S/C16H24N2O3S2/c1-11(9-22)14(19)17-16(2,15(20)21)23-10-12-5-7-13(8-6-12)18(3)4/h5-8,11,22H,9-10H2,1-4H3,(H,17,19)(H,20,21). The molecule has 0 radical (unpaired) electrons. The van der Waals surface area contributed by atoms with Crippen LogP contribution in [0.15, 0.2) is 24.3 Å². The van der Waals surface area contributed by atoms with Gasteiger partial charge >= 0.3 is 5.97 Å². The van der Waals surface area contributed by atoms with E-state index in [1.54, 1.807) is 6.92 Å². The average molecular weight is 357 g/mol. The third-order valence-corrected chi connectivity index (χ3v) is 5.35. The number of carboxylic acid groups (broad SMARTS) is 1. The SMILES string of the molecule is CC(CS)C(=O)NC(C)(SCc1ccc(N(C)C)cc1)C(=O)O. The summed E-state index contributed by atoms with van der Waals surface area (Å²) in [5, 5.41) is 12.1. The van der Waals surface area contributed by atoms with E-state index in [0.29, 0.717) is 11.5 Å². The molecule has 0 aliphatic carbocycles. The van der Waals surface area contributed by atoms with Gasteiger partial charge < -0.3 is 15.3 Å². The van der Waals surface area contributed by atoms with Gasteiger partial charge in [0.15, 0.2) is 4.87 Å². The molecule has 0 saturated heterocycles. The van der Waals surface area contributed by atoms with Gasteiger partial charge in [-0.15, -0.1) is 11.8 Å². The molecule has 7 heteroatoms. The van der Waals surface area contributed by atoms with Gasteiger partial charge in [0.1, 0.15) is 0 Å². The fraction of sp³-hybridized carbons (Fsp3) is 0.500. The number of carbonyl (C=O) groups is 2. The highest BCUT2D eigenvalue weighted by Crippen LogP contribution is 2.28. The first-order valence-electron chi connectivity index (χ1n) is 7.26. The Morgan fingerprint density at radius 2 is 1.91 bits per heavy atom. The quantitative estimate of drug-likeness (QED) is 0.493. The van der Waals surface area contributed by atoms with Crippen molar-refractivity contribution in [3.05, 3.63) is 29.8 Å². The maximum Gasteiger partial charge on any atom is 0.339 e. The first kappa shape index (κ1) is 19.7. The Kier molecular flexibility index (Phi) is 7.28. The average Bonchev–Trinajstić information content (AvgIpc) is 2.52. The van der Waals surface area contributed by atoms with Crippen LogP contribution >= 0.6 is 24.4 Å². The molecule has 2 N–H and O–H groups in total. The van der Waals surface area contributed by atoms with Gasteiger partial charge in [0.05, 0.1) is 0 Å². The molecule has 0 fully saturated rings. The van der Waals surface area contributed by atoms with Crippen molar-refractivity contribution in [2.45, 2.75) is 24.5 Å². The number of aliphatic carboxylic acids is 1. The summed E-state index contributed by atoms with van der Waals surface area (Å²) in [6, 6.07) is 7.89. The van der Waals surface area contributed by atoms with Crippen LogP contribution in [0.2, 0.25) is 0 Å². The van der Waals surface area contributed by atoms with Crippen molar-refractivity contribution in [3.63, 3.8) is 0 Å². The Balaban J connectivity index is 2.76. The van der Waals surface area contributed by atoms with E-state index in [4.69, 9.17) is 0 Å². The number of amides is 1. The number of nitrogens with one attached hydrogen (secondary N) is 1. The minimum absolute atomic E-state index is 0.305. The van der Waals surface area contributed by atoms with Crippen LogP contribution in [0.1, 0.15) is 19.4 Å². The Hall–Kier alpha value is -1.34. The van der Waals surface area contributed by atoms with E-state index in [-0.39, 0.29) is 11.8 Å². The van der Waals surface area contributed by atoms with Crippen LogP contribution in [-0.2, 0) is 15.3 Å². The second-order valence-electron chi connectivity index (χ2n) is 5.76. The van der Waals surface area contributed by atoms with Gasteiger partial charge in [0.25, 0.3) is 0 Å². The van der Waals surface area contributed by atoms with Crippen LogP contribution in [0.5, 0.6) is 0 Å². The highest BCUT2D eigenvalue weighted by molar-refractivity contribution is 8.00. The highest BCUT2D eigenvalue weighted by atomic mass is 32.2. The largest absolute Gasteiger partial charge is 0.479 e. The van der Waals surface area contributed by atoms with E-state index in [1.807, 2.05) is 43.3 Å². The minimum Gasteiger partial charge on any atom is -0.479 e. The summed E-state index contributed by atoms with van der Waals surface area (Å²) in [4.78, 5) is 24.2. The topological polar surface area (TPSA) is 69.6 Å². The van der Waals surface area contributed by atoms with Gasteiger partial charge in [-0.3, -0.25) is 4.79 Å². The van der Waals surface area contributed by atoms with Gasteiger partial charge in [-0.1, -0.05) is 19.1 Å². The molecule has 2 unspecified atom stereocenters. The third kappa shape index (κ3) is 5.66. The number of hydrogen-bond donors (Lipinski definition) is 3. The van der Waals surface area contributed by atoms with Crippen LogP contribution in [0.3, 0.4) is 0 Å². The zero-order valence-electron chi connectivity index (χ0n) is 13.9. The number of carboxylic acids is 1. The third-order valence-electron chi connectivity index (χ3n) is 3.47. The first-order valence-corrected chi connectivity index (χ1v) is 8.88. The lowest BCUT2D eigenvalue weighted by atomic mass is 10.2. The normalized spacial score (nSPS) is 14.7. The van der Waals surface area contributed by atoms with Crippen LogP contribution in [0, 0.1) is 5.92 Å². The van der Waals surface area contributed by atoms with Gasteiger partial charge in [0.2, 0.25) is 5.91 Å². The summed E-state index contributed by atoms with van der Waals surface area (Å²) in [5.74, 6) is -0.839. The number of benzene rings is 1. The molecule has 0 aliphatic heterocycles. The van der Waals surface area contributed by atoms with Crippen LogP contribution in [0.4, 0.5) is 5.69 Å². The lowest BCUT2D eigenvalue weighted by molar-refractivity contribution is -0.143. The molecule has 1 aromatic rings. The highest BCUT2D eigenvalue weighted by Gasteiger charge is 2.36. The molecule has 2 atom stereocenters. The Morgan fingerprint density at radius 1 is 1.35 bits per heavy atom. The molecule has 1 aromatic carbocycles. The fourth-order valence-corrected chi connectivity index (χ4v) is 2.82. The smallest absolute Gasteiger partial charge is 0.339 e. The van der Waals surface area contributed by atoms with Crippen molar-refractivity contribution in [1.82, 2.24) is 5.32 Å². The maximum absolute atomic E-state index is 12.0. The first-order chi connectivity index (χ1) is 10.7. The van der Waals surface area contributed by atoms with Gasteiger partial charge in [-0.25, -0.2) is 4.79 Å². The van der Waals surface area contributed by atoms with Crippen molar-refractivity contribution in [2.24, 2.45) is 5.92 Å². The predicted molar refractivity (Wildman–Crippen MR) is 99.3 cm³/mol. The van der Waals surface area contributed by atoms with E-state index >= 15 is 0 Å². The van der Waals surface area contributed by atoms with Crippen molar-refractivity contribution in [2.75, 3.05) is 24.7 Å². The zero-order valence-corrected chi connectivity index (χ0v) is 15.6. The van der Waals surface area contributed by atoms with Gasteiger partial charge in [-0.05, 0) is 24.6 Å². The second-order valence-corrected chi connectivity index (χ2v) is 7.52. The molecular weight excluding hydrogens is 332 g/mol. The summed E-state index contributed by atoms with van der Waals surface area (Å²) in [7, 11) is 3.92. The van der Waals surface area contributed by atoms with Crippen LogP contribution in [0.25, 0.3) is 0 Å². The zero-order chi connectivity index (χ0) is 17.6. The molecule has 0 aliphatic rings. The molecule has 0 heterocycles. The van der Waals surface area contributed by atoms with Crippen molar-refractivity contribution >= 4 is 42.0 Å². The number of carbonyl (C=O) groups excluding carboxylic acids is 1. The van der Waals surface area contributed by atoms with Gasteiger partial charge in [-0.2, -0.15) is 12.6 Å². The molecule has 0 bridgehead atoms. The van der Waals surface area contributed by atoms with Crippen molar-refractivity contribution in [1.29, 1.82) is 0 Å². The second kappa shape index (κ2) is 8.49. The van der Waals surface area contributed by atoms with E-state index in [9.17, 15) is 14.7 Å². The molecule has 0 saturated carbocycles.